The van der Waals surface area contributed by atoms with Gasteiger partial charge in [0.25, 0.3) is 0 Å². The Hall–Kier alpha value is -2.50. The van der Waals surface area contributed by atoms with Gasteiger partial charge < -0.3 is 9.72 Å². The minimum Gasteiger partial charge on any atom is -0.435 e. The van der Waals surface area contributed by atoms with Gasteiger partial charge in [-0.3, -0.25) is 0 Å². The normalized spacial score (nSPS) is 11.2. The van der Waals surface area contributed by atoms with Crippen molar-refractivity contribution in [2.45, 2.75) is 13.5 Å². The van der Waals surface area contributed by atoms with Crippen LogP contribution in [0.3, 0.4) is 0 Å². The highest BCUT2D eigenvalue weighted by Gasteiger charge is 2.08. The summed E-state index contributed by atoms with van der Waals surface area (Å²) in [5, 5.41) is 0. The Labute approximate surface area is 113 Å². The molecule has 0 saturated heterocycles. The third kappa shape index (κ3) is 2.45. The molecule has 4 nitrogen and oxygen atoms in total. The summed E-state index contributed by atoms with van der Waals surface area (Å²) in [4.78, 5) is 11.7. The predicted octanol–water partition coefficient (Wildman–Crippen LogP) is 3.53. The highest BCUT2D eigenvalue weighted by molar-refractivity contribution is 5.76. The van der Waals surface area contributed by atoms with Crippen LogP contribution in [-0.2, 0) is 0 Å². The number of fused-ring (bicyclic) bond motifs is 1. The summed E-state index contributed by atoms with van der Waals surface area (Å²) in [6, 6.07) is 8.25. The Balaban J connectivity index is 1.94. The molecule has 0 aliphatic rings. The van der Waals surface area contributed by atoms with E-state index in [1.807, 2.05) is 13.0 Å². The van der Waals surface area contributed by atoms with Gasteiger partial charge in [-0.1, -0.05) is 0 Å². The molecule has 0 aliphatic heterocycles. The Morgan fingerprint density at radius 2 is 1.95 bits per heavy atom. The quantitative estimate of drug-likeness (QED) is 0.795. The van der Waals surface area contributed by atoms with Crippen molar-refractivity contribution >= 4 is 11.2 Å². The van der Waals surface area contributed by atoms with E-state index in [1.165, 1.54) is 12.1 Å². The Bertz CT molecular complexity index is 738. The molecular formula is C14H11F2N3O. The van der Waals surface area contributed by atoms with E-state index in [9.17, 15) is 8.78 Å². The smallest absolute Gasteiger partial charge is 0.387 e. The molecule has 1 aromatic carbocycles. The van der Waals surface area contributed by atoms with E-state index in [0.29, 0.717) is 11.5 Å². The molecule has 102 valence electrons. The van der Waals surface area contributed by atoms with Gasteiger partial charge in [-0.25, -0.2) is 9.97 Å². The van der Waals surface area contributed by atoms with Crippen LogP contribution in [0, 0.1) is 6.92 Å². The summed E-state index contributed by atoms with van der Waals surface area (Å²) in [5.41, 5.74) is 3.28. The maximum Gasteiger partial charge on any atom is 0.387 e. The highest BCUT2D eigenvalue weighted by atomic mass is 19.3. The average Bonchev–Trinajstić information content (AvgIpc) is 2.81. The van der Waals surface area contributed by atoms with Gasteiger partial charge in [-0.15, -0.1) is 0 Å². The number of ether oxygens (including phenoxy) is 1. The topological polar surface area (TPSA) is 50.8 Å². The minimum absolute atomic E-state index is 0.119. The first-order valence-electron chi connectivity index (χ1n) is 5.99. The fourth-order valence-corrected chi connectivity index (χ4v) is 1.94. The predicted molar refractivity (Wildman–Crippen MR) is 70.7 cm³/mol. The first kappa shape index (κ1) is 12.5. The fraction of sp³-hybridized carbons (Fsp3) is 0.143. The number of halogens is 2. The maximum absolute atomic E-state index is 12.1. The molecule has 1 N–H and O–H groups in total. The molecule has 6 heteroatoms. The fourth-order valence-electron chi connectivity index (χ4n) is 1.94. The van der Waals surface area contributed by atoms with Crippen molar-refractivity contribution in [3.05, 3.63) is 42.1 Å². The number of rotatable bonds is 3. The summed E-state index contributed by atoms with van der Waals surface area (Å²) in [5.74, 6) is 0.760. The molecule has 0 bridgehead atoms. The molecule has 20 heavy (non-hydrogen) atoms. The van der Waals surface area contributed by atoms with Gasteiger partial charge in [0.2, 0.25) is 0 Å². The number of nitrogens with one attached hydrogen (secondary N) is 1. The number of nitrogens with zero attached hydrogens (tertiary/aromatic N) is 2. The first-order valence-corrected chi connectivity index (χ1v) is 5.99. The summed E-state index contributed by atoms with van der Waals surface area (Å²) >= 11 is 0. The molecule has 0 unspecified atom stereocenters. The number of benzene rings is 1. The van der Waals surface area contributed by atoms with Crippen LogP contribution in [0.15, 0.2) is 36.5 Å². The third-order valence-electron chi connectivity index (χ3n) is 2.83. The Kier molecular flexibility index (Phi) is 3.06. The van der Waals surface area contributed by atoms with E-state index >= 15 is 0 Å². The van der Waals surface area contributed by atoms with Crippen LogP contribution in [0.2, 0.25) is 0 Å². The zero-order valence-corrected chi connectivity index (χ0v) is 10.6. The van der Waals surface area contributed by atoms with Gasteiger partial charge in [-0.2, -0.15) is 8.78 Å². The van der Waals surface area contributed by atoms with Crippen molar-refractivity contribution in [3.8, 4) is 17.1 Å². The van der Waals surface area contributed by atoms with Crippen molar-refractivity contribution in [3.63, 3.8) is 0 Å². The van der Waals surface area contributed by atoms with Crippen LogP contribution in [0.5, 0.6) is 5.75 Å². The first-order chi connectivity index (χ1) is 9.61. The van der Waals surface area contributed by atoms with Crippen molar-refractivity contribution in [2.24, 2.45) is 0 Å². The van der Waals surface area contributed by atoms with Crippen molar-refractivity contribution in [1.29, 1.82) is 0 Å². The summed E-state index contributed by atoms with van der Waals surface area (Å²) in [7, 11) is 0. The lowest BCUT2D eigenvalue weighted by molar-refractivity contribution is -0.0498. The number of aromatic amines is 1. The molecule has 0 saturated carbocycles. The number of H-pyrrole nitrogens is 1. The Morgan fingerprint density at radius 1 is 1.20 bits per heavy atom. The number of imidazole rings is 1. The van der Waals surface area contributed by atoms with Gasteiger partial charge >= 0.3 is 6.61 Å². The lowest BCUT2D eigenvalue weighted by atomic mass is 10.2. The second kappa shape index (κ2) is 4.88. The lowest BCUT2D eigenvalue weighted by Gasteiger charge is -2.04. The molecule has 0 spiro atoms. The van der Waals surface area contributed by atoms with Crippen molar-refractivity contribution in [2.75, 3.05) is 0 Å². The summed E-state index contributed by atoms with van der Waals surface area (Å²) in [6.07, 6.45) is 1.74. The van der Waals surface area contributed by atoms with Gasteiger partial charge in [-0.05, 0) is 42.8 Å². The SMILES string of the molecule is Cc1cnc2nc(-c3ccc(OC(F)F)cc3)[nH]c2c1. The lowest BCUT2D eigenvalue weighted by Crippen LogP contribution is -2.01. The molecule has 0 fully saturated rings. The van der Waals surface area contributed by atoms with Crippen LogP contribution in [-0.4, -0.2) is 21.6 Å². The number of hydrogen-bond acceptors (Lipinski definition) is 3. The minimum atomic E-state index is -2.82. The highest BCUT2D eigenvalue weighted by Crippen LogP contribution is 2.23. The zero-order valence-electron chi connectivity index (χ0n) is 10.6. The van der Waals surface area contributed by atoms with Crippen LogP contribution >= 0.6 is 0 Å². The largest absolute Gasteiger partial charge is 0.435 e. The van der Waals surface area contributed by atoms with Gasteiger partial charge in [0.15, 0.2) is 5.65 Å². The van der Waals surface area contributed by atoms with E-state index in [1.54, 1.807) is 18.3 Å². The second-order valence-electron chi connectivity index (χ2n) is 4.37. The monoisotopic (exact) mass is 275 g/mol. The van der Waals surface area contributed by atoms with E-state index in [-0.39, 0.29) is 5.75 Å². The Morgan fingerprint density at radius 3 is 2.65 bits per heavy atom. The van der Waals surface area contributed by atoms with Crippen molar-refractivity contribution in [1.82, 2.24) is 15.0 Å². The van der Waals surface area contributed by atoms with Crippen LogP contribution in [0.1, 0.15) is 5.56 Å². The number of aryl methyl sites for hydroxylation is 1. The molecular weight excluding hydrogens is 264 g/mol. The van der Waals surface area contributed by atoms with E-state index in [2.05, 4.69) is 19.7 Å². The molecule has 0 aliphatic carbocycles. The average molecular weight is 275 g/mol. The van der Waals surface area contributed by atoms with Crippen LogP contribution in [0.4, 0.5) is 8.78 Å². The van der Waals surface area contributed by atoms with Crippen molar-refractivity contribution < 1.29 is 13.5 Å². The molecule has 0 radical (unpaired) electrons. The molecule has 0 amide bonds. The van der Waals surface area contributed by atoms with Gasteiger partial charge in [0.05, 0.1) is 5.52 Å². The van der Waals surface area contributed by atoms with Gasteiger partial charge in [0, 0.05) is 11.8 Å². The molecule has 2 heterocycles. The zero-order chi connectivity index (χ0) is 14.1. The number of hydrogen-bond donors (Lipinski definition) is 1. The van der Waals surface area contributed by atoms with E-state index < -0.39 is 6.61 Å². The molecule has 3 aromatic rings. The maximum atomic E-state index is 12.1. The summed E-state index contributed by atoms with van der Waals surface area (Å²) < 4.78 is 28.4. The van der Waals surface area contributed by atoms with Gasteiger partial charge in [0.1, 0.15) is 11.6 Å². The van der Waals surface area contributed by atoms with E-state index in [0.717, 1.165) is 16.6 Å². The number of pyridine rings is 1. The molecule has 0 atom stereocenters. The summed E-state index contributed by atoms with van der Waals surface area (Å²) in [6.45, 7) is -0.872. The third-order valence-corrected chi connectivity index (χ3v) is 2.83. The number of aromatic nitrogens is 3. The van der Waals surface area contributed by atoms with Crippen LogP contribution in [0.25, 0.3) is 22.6 Å². The number of alkyl halides is 2. The van der Waals surface area contributed by atoms with E-state index in [4.69, 9.17) is 0 Å². The second-order valence-corrected chi connectivity index (χ2v) is 4.37. The molecule has 3 rings (SSSR count). The van der Waals surface area contributed by atoms with Crippen LogP contribution < -0.4 is 4.74 Å². The molecule has 2 aromatic heterocycles. The standard InChI is InChI=1S/C14H11F2N3O/c1-8-6-11-13(17-7-8)19-12(18-11)9-2-4-10(5-3-9)20-14(15)16/h2-7,14H,1H3,(H,17,18,19).